The molecule has 19 heavy (non-hydrogen) atoms. The number of benzene rings is 1. The monoisotopic (exact) mass is 277 g/mol. The van der Waals surface area contributed by atoms with Crippen molar-refractivity contribution in [3.05, 3.63) is 29.8 Å². The fourth-order valence-corrected chi connectivity index (χ4v) is 2.68. The molecule has 0 saturated heterocycles. The van der Waals surface area contributed by atoms with E-state index in [2.05, 4.69) is 15.3 Å². The first-order valence-electron chi connectivity index (χ1n) is 5.84. The highest BCUT2D eigenvalue weighted by atomic mass is 32.1. The standard InChI is InChI=1S/C12H12FN5S/c1-6(2)10-15-16-12-18(10)17-11(19-12)8-4-3-7(14)5-9(8)13/h3-6H,14H2,1-2H3. The van der Waals surface area contributed by atoms with Gasteiger partial charge in [0.15, 0.2) is 10.8 Å². The number of nitrogen functional groups attached to an aromatic ring is 1. The van der Waals surface area contributed by atoms with E-state index in [-0.39, 0.29) is 11.7 Å². The molecule has 2 N–H and O–H groups in total. The van der Waals surface area contributed by atoms with E-state index < -0.39 is 0 Å². The van der Waals surface area contributed by atoms with Gasteiger partial charge in [-0.25, -0.2) is 4.39 Å². The van der Waals surface area contributed by atoms with Crippen molar-refractivity contribution in [2.45, 2.75) is 19.8 Å². The van der Waals surface area contributed by atoms with Gasteiger partial charge >= 0.3 is 0 Å². The average molecular weight is 277 g/mol. The van der Waals surface area contributed by atoms with Gasteiger partial charge in [0.25, 0.3) is 0 Å². The number of halogens is 1. The summed E-state index contributed by atoms with van der Waals surface area (Å²) in [6.45, 7) is 4.03. The smallest absolute Gasteiger partial charge is 0.234 e. The Balaban J connectivity index is 2.15. The SMILES string of the molecule is CC(C)c1nnc2sc(-c3ccc(N)cc3F)nn12. The van der Waals surface area contributed by atoms with Crippen molar-refractivity contribution < 1.29 is 4.39 Å². The Labute approximate surface area is 112 Å². The summed E-state index contributed by atoms with van der Waals surface area (Å²) in [7, 11) is 0. The first-order valence-corrected chi connectivity index (χ1v) is 6.65. The van der Waals surface area contributed by atoms with Gasteiger partial charge in [-0.2, -0.15) is 9.61 Å². The second kappa shape index (κ2) is 4.27. The lowest BCUT2D eigenvalue weighted by atomic mass is 10.2. The minimum atomic E-state index is -0.379. The summed E-state index contributed by atoms with van der Waals surface area (Å²) in [6, 6.07) is 4.58. The van der Waals surface area contributed by atoms with Crippen LogP contribution in [0.15, 0.2) is 18.2 Å². The zero-order valence-electron chi connectivity index (χ0n) is 10.5. The highest BCUT2D eigenvalue weighted by Crippen LogP contribution is 2.29. The molecule has 0 aliphatic carbocycles. The van der Waals surface area contributed by atoms with Crippen LogP contribution in [-0.2, 0) is 0 Å². The summed E-state index contributed by atoms with van der Waals surface area (Å²) < 4.78 is 15.5. The van der Waals surface area contributed by atoms with Crippen LogP contribution in [0.1, 0.15) is 25.6 Å². The predicted molar refractivity (Wildman–Crippen MR) is 72.6 cm³/mol. The molecule has 7 heteroatoms. The summed E-state index contributed by atoms with van der Waals surface area (Å²) in [5, 5.41) is 13.1. The Bertz CT molecular complexity index is 746. The fourth-order valence-electron chi connectivity index (χ4n) is 1.81. The second-order valence-corrected chi connectivity index (χ2v) is 5.51. The number of aromatic nitrogens is 4. The Hall–Kier alpha value is -2.02. The maximum Gasteiger partial charge on any atom is 0.234 e. The molecule has 0 atom stereocenters. The van der Waals surface area contributed by atoms with Crippen molar-refractivity contribution in [3.8, 4) is 10.6 Å². The van der Waals surface area contributed by atoms with Gasteiger partial charge in [-0.3, -0.25) is 0 Å². The van der Waals surface area contributed by atoms with Crippen LogP contribution in [-0.4, -0.2) is 19.8 Å². The summed E-state index contributed by atoms with van der Waals surface area (Å²) in [4.78, 5) is 0.662. The van der Waals surface area contributed by atoms with Crippen LogP contribution in [0.25, 0.3) is 15.5 Å². The van der Waals surface area contributed by atoms with Crippen molar-refractivity contribution >= 4 is 22.0 Å². The molecule has 0 fully saturated rings. The normalized spacial score (nSPS) is 11.6. The summed E-state index contributed by atoms with van der Waals surface area (Å²) >= 11 is 1.31. The van der Waals surface area contributed by atoms with E-state index in [0.717, 1.165) is 5.82 Å². The summed E-state index contributed by atoms with van der Waals surface area (Å²) in [6.07, 6.45) is 0. The number of nitrogens with zero attached hydrogens (tertiary/aromatic N) is 4. The van der Waals surface area contributed by atoms with Crippen LogP contribution in [0, 0.1) is 5.82 Å². The summed E-state index contributed by atoms with van der Waals surface area (Å²) in [5.74, 6) is 0.602. The molecule has 0 aliphatic heterocycles. The Morgan fingerprint density at radius 2 is 2.11 bits per heavy atom. The van der Waals surface area contributed by atoms with Gasteiger partial charge in [0.1, 0.15) is 5.82 Å². The van der Waals surface area contributed by atoms with Crippen molar-refractivity contribution in [1.82, 2.24) is 19.8 Å². The number of nitrogens with two attached hydrogens (primary N) is 1. The van der Waals surface area contributed by atoms with Crippen LogP contribution in [0.3, 0.4) is 0 Å². The highest BCUT2D eigenvalue weighted by molar-refractivity contribution is 7.19. The largest absolute Gasteiger partial charge is 0.399 e. The number of anilines is 1. The molecule has 0 radical (unpaired) electrons. The molecule has 0 amide bonds. The van der Waals surface area contributed by atoms with Gasteiger partial charge in [-0.05, 0) is 18.2 Å². The van der Waals surface area contributed by atoms with E-state index in [9.17, 15) is 4.39 Å². The van der Waals surface area contributed by atoms with Gasteiger partial charge in [0.05, 0.1) is 0 Å². The predicted octanol–water partition coefficient (Wildman–Crippen LogP) is 2.70. The lowest BCUT2D eigenvalue weighted by Gasteiger charge is -2.00. The van der Waals surface area contributed by atoms with E-state index in [1.165, 1.54) is 17.4 Å². The van der Waals surface area contributed by atoms with Crippen LogP contribution in [0.4, 0.5) is 10.1 Å². The van der Waals surface area contributed by atoms with Crippen molar-refractivity contribution in [3.63, 3.8) is 0 Å². The average Bonchev–Trinajstić information content (AvgIpc) is 2.87. The van der Waals surface area contributed by atoms with Crippen molar-refractivity contribution in [2.75, 3.05) is 5.73 Å². The molecule has 3 aromatic rings. The molecule has 3 rings (SSSR count). The zero-order chi connectivity index (χ0) is 13.6. The van der Waals surface area contributed by atoms with Gasteiger partial charge in [-0.1, -0.05) is 25.2 Å². The topological polar surface area (TPSA) is 69.1 Å². The third kappa shape index (κ3) is 1.95. The second-order valence-electron chi connectivity index (χ2n) is 4.55. The van der Waals surface area contributed by atoms with Crippen molar-refractivity contribution in [2.24, 2.45) is 0 Å². The van der Waals surface area contributed by atoms with Gasteiger partial charge < -0.3 is 5.73 Å². The van der Waals surface area contributed by atoms with E-state index >= 15 is 0 Å². The lowest BCUT2D eigenvalue weighted by molar-refractivity contribution is 0.631. The maximum absolute atomic E-state index is 13.9. The zero-order valence-corrected chi connectivity index (χ0v) is 11.3. The van der Waals surface area contributed by atoms with Gasteiger partial charge in [0.2, 0.25) is 4.96 Å². The van der Waals surface area contributed by atoms with Crippen LogP contribution < -0.4 is 5.73 Å². The first-order chi connectivity index (χ1) is 9.06. The number of hydrogen-bond donors (Lipinski definition) is 1. The lowest BCUT2D eigenvalue weighted by Crippen LogP contribution is -1.98. The van der Waals surface area contributed by atoms with E-state index in [4.69, 9.17) is 5.73 Å². The molecule has 2 aromatic heterocycles. The number of hydrogen-bond acceptors (Lipinski definition) is 5. The fraction of sp³-hybridized carbons (Fsp3) is 0.250. The molecule has 5 nitrogen and oxygen atoms in total. The van der Waals surface area contributed by atoms with Crippen LogP contribution in [0.5, 0.6) is 0 Å². The quantitative estimate of drug-likeness (QED) is 0.731. The molecule has 0 spiro atoms. The van der Waals surface area contributed by atoms with Crippen LogP contribution in [0.2, 0.25) is 0 Å². The molecule has 0 unspecified atom stereocenters. The molecular formula is C12H12FN5S. The third-order valence-corrected chi connectivity index (χ3v) is 3.69. The molecule has 0 aliphatic rings. The van der Waals surface area contributed by atoms with E-state index in [1.807, 2.05) is 13.8 Å². The Morgan fingerprint density at radius 3 is 2.79 bits per heavy atom. The minimum absolute atomic E-state index is 0.209. The highest BCUT2D eigenvalue weighted by Gasteiger charge is 2.16. The summed E-state index contributed by atoms with van der Waals surface area (Å²) in [5.41, 5.74) is 6.37. The van der Waals surface area contributed by atoms with Gasteiger partial charge in [-0.15, -0.1) is 10.2 Å². The van der Waals surface area contributed by atoms with Crippen LogP contribution >= 0.6 is 11.3 Å². The molecular weight excluding hydrogens is 265 g/mol. The van der Waals surface area contributed by atoms with E-state index in [1.54, 1.807) is 16.6 Å². The first kappa shape index (κ1) is 12.0. The van der Waals surface area contributed by atoms with Crippen molar-refractivity contribution in [1.29, 1.82) is 0 Å². The maximum atomic E-state index is 13.9. The molecule has 1 aromatic carbocycles. The molecule has 98 valence electrons. The molecule has 0 saturated carbocycles. The van der Waals surface area contributed by atoms with Gasteiger partial charge in [0, 0.05) is 17.2 Å². The minimum Gasteiger partial charge on any atom is -0.399 e. The molecule has 2 heterocycles. The number of fused-ring (bicyclic) bond motifs is 1. The Kier molecular flexibility index (Phi) is 2.70. The third-order valence-electron chi connectivity index (χ3n) is 2.75. The molecule has 0 bridgehead atoms. The van der Waals surface area contributed by atoms with E-state index in [0.29, 0.717) is 21.2 Å². The Morgan fingerprint density at radius 1 is 1.32 bits per heavy atom. The number of rotatable bonds is 2.